The van der Waals surface area contributed by atoms with Gasteiger partial charge in [0.05, 0.1) is 5.52 Å². The zero-order valence-corrected chi connectivity index (χ0v) is 12.8. The third-order valence-corrected chi connectivity index (χ3v) is 3.13. The van der Waals surface area contributed by atoms with Gasteiger partial charge in [0.15, 0.2) is 0 Å². The van der Waals surface area contributed by atoms with Crippen LogP contribution in [0.3, 0.4) is 0 Å². The minimum Gasteiger partial charge on any atom is -0.253 e. The molecule has 0 aliphatic carbocycles. The Morgan fingerprint density at radius 2 is 1.50 bits per heavy atom. The molecule has 2 rings (SSSR count). The monoisotopic (exact) mass is 243 g/mol. The molecule has 0 unspecified atom stereocenters. The van der Waals surface area contributed by atoms with Crippen molar-refractivity contribution in [1.82, 2.24) is 4.98 Å². The molecule has 0 fully saturated rings. The summed E-state index contributed by atoms with van der Waals surface area (Å²) in [5.41, 5.74) is 5.16. The average Bonchev–Trinajstić information content (AvgIpc) is 2.31. The molecule has 0 saturated heterocycles. The van der Waals surface area contributed by atoms with Gasteiger partial charge in [0, 0.05) is 11.1 Å². The van der Waals surface area contributed by atoms with Gasteiger partial charge in [0.1, 0.15) is 0 Å². The fourth-order valence-electron chi connectivity index (χ4n) is 2.40. The number of nitrogens with zero attached hydrogens (tertiary/aromatic N) is 1. The SMILES string of the molecule is CC.Cc1nc2ccccc2c(C(C)(C)C)c1C. The van der Waals surface area contributed by atoms with Crippen LogP contribution in [-0.4, -0.2) is 4.98 Å². The summed E-state index contributed by atoms with van der Waals surface area (Å²) < 4.78 is 0. The van der Waals surface area contributed by atoms with E-state index in [4.69, 9.17) is 0 Å². The van der Waals surface area contributed by atoms with E-state index in [1.807, 2.05) is 13.8 Å². The maximum Gasteiger partial charge on any atom is 0.0708 e. The van der Waals surface area contributed by atoms with Crippen molar-refractivity contribution >= 4 is 10.9 Å². The first-order valence-electron chi connectivity index (χ1n) is 6.77. The number of aryl methyl sites for hydroxylation is 1. The van der Waals surface area contributed by atoms with Gasteiger partial charge in [-0.1, -0.05) is 52.8 Å². The second-order valence-corrected chi connectivity index (χ2v) is 5.46. The number of fused-ring (bicyclic) bond motifs is 1. The molecule has 1 aromatic heterocycles. The molecule has 0 N–H and O–H groups in total. The van der Waals surface area contributed by atoms with E-state index in [2.05, 4.69) is 63.9 Å². The highest BCUT2D eigenvalue weighted by molar-refractivity contribution is 5.84. The third kappa shape index (κ3) is 2.72. The lowest BCUT2D eigenvalue weighted by molar-refractivity contribution is 0.590. The zero-order chi connectivity index (χ0) is 13.9. The van der Waals surface area contributed by atoms with Gasteiger partial charge >= 0.3 is 0 Å². The van der Waals surface area contributed by atoms with E-state index in [1.54, 1.807) is 0 Å². The normalized spacial score (nSPS) is 11.1. The summed E-state index contributed by atoms with van der Waals surface area (Å²) in [5, 5.41) is 1.29. The van der Waals surface area contributed by atoms with Crippen LogP contribution in [0.15, 0.2) is 24.3 Å². The summed E-state index contributed by atoms with van der Waals surface area (Å²) in [6, 6.07) is 8.41. The van der Waals surface area contributed by atoms with Crippen LogP contribution in [-0.2, 0) is 5.41 Å². The van der Waals surface area contributed by atoms with E-state index < -0.39 is 0 Å². The van der Waals surface area contributed by atoms with Gasteiger partial charge in [-0.05, 0) is 36.5 Å². The molecule has 0 aliphatic rings. The lowest BCUT2D eigenvalue weighted by Gasteiger charge is -2.24. The Labute approximate surface area is 111 Å². The first kappa shape index (κ1) is 14.7. The van der Waals surface area contributed by atoms with Crippen molar-refractivity contribution < 1.29 is 0 Å². The average molecular weight is 243 g/mol. The lowest BCUT2D eigenvalue weighted by atomic mass is 9.81. The zero-order valence-electron chi connectivity index (χ0n) is 12.8. The van der Waals surface area contributed by atoms with Gasteiger partial charge in [-0.3, -0.25) is 4.98 Å². The number of aromatic nitrogens is 1. The Morgan fingerprint density at radius 1 is 0.944 bits per heavy atom. The molecule has 0 saturated carbocycles. The summed E-state index contributed by atoms with van der Waals surface area (Å²) in [6.45, 7) is 15.1. The van der Waals surface area contributed by atoms with E-state index >= 15 is 0 Å². The van der Waals surface area contributed by atoms with Gasteiger partial charge in [0.2, 0.25) is 0 Å². The standard InChI is InChI=1S/C15H19N.C2H6/c1-10-11(2)16-13-9-7-6-8-12(13)14(10)15(3,4)5;1-2/h6-9H,1-5H3;1-2H3. The highest BCUT2D eigenvalue weighted by atomic mass is 14.7. The molecule has 1 heterocycles. The molecule has 18 heavy (non-hydrogen) atoms. The second-order valence-electron chi connectivity index (χ2n) is 5.46. The number of hydrogen-bond acceptors (Lipinski definition) is 1. The van der Waals surface area contributed by atoms with E-state index in [0.717, 1.165) is 11.2 Å². The van der Waals surface area contributed by atoms with E-state index in [-0.39, 0.29) is 5.41 Å². The highest BCUT2D eigenvalue weighted by Crippen LogP contribution is 2.33. The molecule has 2 aromatic rings. The summed E-state index contributed by atoms with van der Waals surface area (Å²) in [6.07, 6.45) is 0. The molecule has 0 amide bonds. The molecule has 0 atom stereocenters. The summed E-state index contributed by atoms with van der Waals surface area (Å²) in [7, 11) is 0. The molecule has 1 heteroatoms. The van der Waals surface area contributed by atoms with Crippen LogP contribution in [0.2, 0.25) is 0 Å². The van der Waals surface area contributed by atoms with Gasteiger partial charge in [-0.2, -0.15) is 0 Å². The third-order valence-electron chi connectivity index (χ3n) is 3.13. The van der Waals surface area contributed by atoms with Crippen molar-refractivity contribution in [2.75, 3.05) is 0 Å². The van der Waals surface area contributed by atoms with Crippen LogP contribution in [0.4, 0.5) is 0 Å². The Morgan fingerprint density at radius 3 is 2.06 bits per heavy atom. The van der Waals surface area contributed by atoms with Crippen LogP contribution in [0, 0.1) is 13.8 Å². The number of pyridine rings is 1. The topological polar surface area (TPSA) is 12.9 Å². The number of rotatable bonds is 0. The maximum atomic E-state index is 4.65. The molecule has 0 spiro atoms. The summed E-state index contributed by atoms with van der Waals surface area (Å²) in [4.78, 5) is 4.65. The van der Waals surface area contributed by atoms with Crippen LogP contribution < -0.4 is 0 Å². The van der Waals surface area contributed by atoms with Crippen LogP contribution >= 0.6 is 0 Å². The van der Waals surface area contributed by atoms with E-state index in [0.29, 0.717) is 0 Å². The van der Waals surface area contributed by atoms with Gasteiger partial charge in [-0.15, -0.1) is 0 Å². The first-order valence-corrected chi connectivity index (χ1v) is 6.77. The predicted octanol–water partition coefficient (Wildman–Crippen LogP) is 5.18. The largest absolute Gasteiger partial charge is 0.253 e. The molecule has 1 aromatic carbocycles. The summed E-state index contributed by atoms with van der Waals surface area (Å²) >= 11 is 0. The molecule has 0 bridgehead atoms. The molecule has 0 aliphatic heterocycles. The highest BCUT2D eigenvalue weighted by Gasteiger charge is 2.20. The minimum absolute atomic E-state index is 0.164. The van der Waals surface area contributed by atoms with E-state index in [1.165, 1.54) is 16.5 Å². The van der Waals surface area contributed by atoms with Gasteiger partial charge < -0.3 is 0 Å². The van der Waals surface area contributed by atoms with Crippen molar-refractivity contribution in [2.24, 2.45) is 0 Å². The quantitative estimate of drug-likeness (QED) is 0.621. The molecular formula is C17H25N. The fourth-order valence-corrected chi connectivity index (χ4v) is 2.40. The predicted molar refractivity (Wildman–Crippen MR) is 81.3 cm³/mol. The van der Waals surface area contributed by atoms with Crippen molar-refractivity contribution in [3.63, 3.8) is 0 Å². The van der Waals surface area contributed by atoms with Crippen molar-refractivity contribution in [1.29, 1.82) is 0 Å². The van der Waals surface area contributed by atoms with Crippen molar-refractivity contribution in [3.8, 4) is 0 Å². The van der Waals surface area contributed by atoms with Crippen molar-refractivity contribution in [2.45, 2.75) is 53.9 Å². The number of para-hydroxylation sites is 1. The van der Waals surface area contributed by atoms with Gasteiger partial charge in [0.25, 0.3) is 0 Å². The lowest BCUT2D eigenvalue weighted by Crippen LogP contribution is -2.15. The number of hydrogen-bond donors (Lipinski definition) is 0. The Hall–Kier alpha value is -1.37. The molecule has 0 radical (unpaired) electrons. The fraction of sp³-hybridized carbons (Fsp3) is 0.471. The smallest absolute Gasteiger partial charge is 0.0708 e. The molecule has 98 valence electrons. The van der Waals surface area contributed by atoms with Crippen LogP contribution in [0.25, 0.3) is 10.9 Å². The Balaban J connectivity index is 0.000000771. The maximum absolute atomic E-state index is 4.65. The molecular weight excluding hydrogens is 218 g/mol. The van der Waals surface area contributed by atoms with Crippen LogP contribution in [0.1, 0.15) is 51.4 Å². The van der Waals surface area contributed by atoms with Gasteiger partial charge in [-0.25, -0.2) is 0 Å². The Bertz CT molecular complexity index is 533. The van der Waals surface area contributed by atoms with Crippen molar-refractivity contribution in [3.05, 3.63) is 41.1 Å². The Kier molecular flexibility index (Phi) is 4.50. The second kappa shape index (κ2) is 5.51. The van der Waals surface area contributed by atoms with E-state index in [9.17, 15) is 0 Å². The molecule has 1 nitrogen and oxygen atoms in total. The minimum atomic E-state index is 0.164. The first-order chi connectivity index (χ1) is 8.41. The summed E-state index contributed by atoms with van der Waals surface area (Å²) in [5.74, 6) is 0. The number of benzene rings is 1. The van der Waals surface area contributed by atoms with Crippen LogP contribution in [0.5, 0.6) is 0 Å².